The maximum absolute atomic E-state index is 12.1. The van der Waals surface area contributed by atoms with Crippen molar-refractivity contribution in [3.63, 3.8) is 0 Å². The Morgan fingerprint density at radius 2 is 1.87 bits per heavy atom. The van der Waals surface area contributed by atoms with Crippen LogP contribution >= 0.6 is 23.4 Å². The largest absolute Gasteiger partial charge is 0.481 e. The van der Waals surface area contributed by atoms with Crippen LogP contribution < -0.4 is 5.32 Å². The number of carboxylic acid groups (broad SMARTS) is 1. The van der Waals surface area contributed by atoms with Crippen LogP contribution in [0.4, 0.5) is 0 Å². The normalized spacial score (nSPS) is 13.2. The Labute approximate surface area is 141 Å². The molecular formula is C14H13ClN2O5S. The van der Waals surface area contributed by atoms with E-state index in [1.165, 1.54) is 18.2 Å². The van der Waals surface area contributed by atoms with Crippen LogP contribution in [0.3, 0.4) is 0 Å². The Balaban J connectivity index is 1.83. The first-order chi connectivity index (χ1) is 10.9. The van der Waals surface area contributed by atoms with Gasteiger partial charge >= 0.3 is 5.97 Å². The molecule has 0 fully saturated rings. The predicted octanol–water partition coefficient (Wildman–Crippen LogP) is 0.870. The average Bonchev–Trinajstić information content (AvgIpc) is 2.71. The molecule has 0 atom stereocenters. The van der Waals surface area contributed by atoms with Gasteiger partial charge in [0.1, 0.15) is 0 Å². The zero-order valence-electron chi connectivity index (χ0n) is 11.9. The lowest BCUT2D eigenvalue weighted by Crippen LogP contribution is -2.38. The van der Waals surface area contributed by atoms with E-state index in [1.807, 2.05) is 0 Å². The highest BCUT2D eigenvalue weighted by molar-refractivity contribution is 8.00. The van der Waals surface area contributed by atoms with E-state index in [2.05, 4.69) is 5.32 Å². The molecule has 0 unspecified atom stereocenters. The molecule has 0 saturated carbocycles. The molecule has 9 heteroatoms. The number of fused-ring (bicyclic) bond motifs is 1. The van der Waals surface area contributed by atoms with Gasteiger partial charge in [-0.25, -0.2) is 0 Å². The Morgan fingerprint density at radius 3 is 2.57 bits per heavy atom. The van der Waals surface area contributed by atoms with Gasteiger partial charge in [0.15, 0.2) is 0 Å². The molecule has 1 aliphatic heterocycles. The van der Waals surface area contributed by atoms with E-state index >= 15 is 0 Å². The van der Waals surface area contributed by atoms with Gasteiger partial charge in [0.25, 0.3) is 11.8 Å². The number of hydrogen-bond acceptors (Lipinski definition) is 5. The van der Waals surface area contributed by atoms with Gasteiger partial charge in [0.2, 0.25) is 5.91 Å². The van der Waals surface area contributed by atoms with E-state index < -0.39 is 17.8 Å². The van der Waals surface area contributed by atoms with Crippen LogP contribution in [0.25, 0.3) is 0 Å². The maximum Gasteiger partial charge on any atom is 0.313 e. The number of aliphatic carboxylic acids is 1. The molecule has 2 N–H and O–H groups in total. The van der Waals surface area contributed by atoms with Crippen LogP contribution in [-0.2, 0) is 9.59 Å². The number of imide groups is 1. The van der Waals surface area contributed by atoms with Gasteiger partial charge in [-0.3, -0.25) is 24.1 Å². The van der Waals surface area contributed by atoms with Crippen LogP contribution in [0.5, 0.6) is 0 Å². The second-order valence-corrected chi connectivity index (χ2v) is 6.11. The van der Waals surface area contributed by atoms with E-state index in [1.54, 1.807) is 0 Å². The van der Waals surface area contributed by atoms with Crippen LogP contribution in [0.2, 0.25) is 5.02 Å². The summed E-state index contributed by atoms with van der Waals surface area (Å²) in [6.07, 6.45) is 0. The molecule has 0 saturated heterocycles. The molecule has 1 aromatic rings. The van der Waals surface area contributed by atoms with Crippen LogP contribution in [0.1, 0.15) is 20.7 Å². The van der Waals surface area contributed by atoms with Gasteiger partial charge in [0.05, 0.1) is 22.6 Å². The predicted molar refractivity (Wildman–Crippen MR) is 84.8 cm³/mol. The number of halogens is 1. The van der Waals surface area contributed by atoms with E-state index in [0.29, 0.717) is 10.6 Å². The van der Waals surface area contributed by atoms with Gasteiger partial charge in [-0.2, -0.15) is 0 Å². The highest BCUT2D eigenvalue weighted by Crippen LogP contribution is 2.25. The van der Waals surface area contributed by atoms with E-state index in [-0.39, 0.29) is 36.1 Å². The summed E-state index contributed by atoms with van der Waals surface area (Å²) in [7, 11) is 0. The van der Waals surface area contributed by atoms with Crippen LogP contribution in [0, 0.1) is 0 Å². The molecule has 2 rings (SSSR count). The number of nitrogens with zero attached hydrogens (tertiary/aromatic N) is 1. The van der Waals surface area contributed by atoms with Crippen molar-refractivity contribution in [1.82, 2.24) is 10.2 Å². The zero-order valence-corrected chi connectivity index (χ0v) is 13.4. The number of amides is 3. The minimum absolute atomic E-state index is 0.00399. The molecule has 0 aromatic heterocycles. The van der Waals surface area contributed by atoms with Crippen LogP contribution in [0.15, 0.2) is 18.2 Å². The Kier molecular flexibility index (Phi) is 5.62. The van der Waals surface area contributed by atoms with Crippen molar-refractivity contribution in [2.24, 2.45) is 0 Å². The zero-order chi connectivity index (χ0) is 17.0. The minimum Gasteiger partial charge on any atom is -0.481 e. The molecule has 0 bridgehead atoms. The highest BCUT2D eigenvalue weighted by Gasteiger charge is 2.35. The summed E-state index contributed by atoms with van der Waals surface area (Å²) in [6, 6.07) is 4.48. The topological polar surface area (TPSA) is 104 Å². The van der Waals surface area contributed by atoms with Crippen molar-refractivity contribution in [3.8, 4) is 0 Å². The Bertz CT molecular complexity index is 679. The average molecular weight is 357 g/mol. The molecule has 0 radical (unpaired) electrons. The lowest BCUT2D eigenvalue weighted by molar-refractivity contribution is -0.133. The third-order valence-corrected chi connectivity index (χ3v) is 4.20. The van der Waals surface area contributed by atoms with E-state index in [9.17, 15) is 19.2 Å². The second kappa shape index (κ2) is 7.47. The number of thioether (sulfide) groups is 1. The summed E-state index contributed by atoms with van der Waals surface area (Å²) >= 11 is 6.79. The number of hydrogen-bond donors (Lipinski definition) is 2. The fourth-order valence-corrected chi connectivity index (χ4v) is 2.79. The van der Waals surface area contributed by atoms with Crippen molar-refractivity contribution in [2.75, 3.05) is 24.6 Å². The fraction of sp³-hybridized carbons (Fsp3) is 0.286. The number of nitrogens with one attached hydrogen (secondary N) is 1. The molecule has 1 heterocycles. The first kappa shape index (κ1) is 17.3. The number of benzene rings is 1. The van der Waals surface area contributed by atoms with E-state index in [0.717, 1.165) is 16.7 Å². The highest BCUT2D eigenvalue weighted by atomic mass is 35.5. The smallest absolute Gasteiger partial charge is 0.313 e. The minimum atomic E-state index is -0.993. The lowest BCUT2D eigenvalue weighted by Gasteiger charge is -2.14. The summed E-state index contributed by atoms with van der Waals surface area (Å²) in [5.41, 5.74) is 0.550. The quantitative estimate of drug-likeness (QED) is 0.702. The summed E-state index contributed by atoms with van der Waals surface area (Å²) in [5.74, 6) is -2.36. The van der Waals surface area contributed by atoms with Crippen molar-refractivity contribution in [1.29, 1.82) is 0 Å². The fourth-order valence-electron chi connectivity index (χ4n) is 2.06. The molecule has 3 amide bonds. The first-order valence-electron chi connectivity index (χ1n) is 6.62. The van der Waals surface area contributed by atoms with Gasteiger partial charge in [-0.15, -0.1) is 11.8 Å². The number of carbonyl (C=O) groups is 4. The van der Waals surface area contributed by atoms with Gasteiger partial charge in [-0.05, 0) is 18.2 Å². The van der Waals surface area contributed by atoms with Gasteiger partial charge in [0, 0.05) is 18.1 Å². The molecule has 122 valence electrons. The summed E-state index contributed by atoms with van der Waals surface area (Å²) in [4.78, 5) is 47.1. The SMILES string of the molecule is O=C(O)CSCC(=O)NCCN1C(=O)c2ccc(Cl)cc2C1=O. The van der Waals surface area contributed by atoms with Crippen molar-refractivity contribution >= 4 is 47.1 Å². The Morgan fingerprint density at radius 1 is 1.17 bits per heavy atom. The monoisotopic (exact) mass is 356 g/mol. The van der Waals surface area contributed by atoms with Crippen molar-refractivity contribution in [3.05, 3.63) is 34.3 Å². The van der Waals surface area contributed by atoms with Crippen molar-refractivity contribution in [2.45, 2.75) is 0 Å². The third-order valence-electron chi connectivity index (χ3n) is 3.05. The summed E-state index contributed by atoms with van der Waals surface area (Å²) in [6.45, 7) is 0.144. The van der Waals surface area contributed by atoms with Gasteiger partial charge < -0.3 is 10.4 Å². The molecule has 7 nitrogen and oxygen atoms in total. The maximum atomic E-state index is 12.1. The summed E-state index contributed by atoms with van der Waals surface area (Å²) in [5, 5.41) is 11.4. The molecular weight excluding hydrogens is 344 g/mol. The van der Waals surface area contributed by atoms with Gasteiger partial charge in [-0.1, -0.05) is 11.6 Å². The molecule has 1 aromatic carbocycles. The number of carbonyl (C=O) groups excluding carboxylic acids is 3. The Hall–Kier alpha value is -2.06. The summed E-state index contributed by atoms with van der Waals surface area (Å²) < 4.78 is 0. The van der Waals surface area contributed by atoms with Crippen LogP contribution in [-0.4, -0.2) is 58.3 Å². The third kappa shape index (κ3) is 4.23. The number of rotatable bonds is 7. The van der Waals surface area contributed by atoms with Crippen molar-refractivity contribution < 1.29 is 24.3 Å². The number of carboxylic acids is 1. The standard InChI is InChI=1S/C14H13ClN2O5S/c15-8-1-2-9-10(5-8)14(22)17(13(9)21)4-3-16-11(18)6-23-7-12(19)20/h1-2,5H,3-4,6-7H2,(H,16,18)(H,19,20). The lowest BCUT2D eigenvalue weighted by atomic mass is 10.1. The second-order valence-electron chi connectivity index (χ2n) is 4.69. The first-order valence-corrected chi connectivity index (χ1v) is 8.15. The molecule has 0 spiro atoms. The van der Waals surface area contributed by atoms with E-state index in [4.69, 9.17) is 16.7 Å². The molecule has 1 aliphatic rings. The molecule has 23 heavy (non-hydrogen) atoms. The molecule has 0 aliphatic carbocycles.